The van der Waals surface area contributed by atoms with Crippen molar-refractivity contribution in [3.05, 3.63) is 0 Å². The van der Waals surface area contributed by atoms with Crippen molar-refractivity contribution < 1.29 is 9.22 Å². The van der Waals surface area contributed by atoms with Crippen LogP contribution in [0, 0.1) is 0 Å². The van der Waals surface area contributed by atoms with Gasteiger partial charge < -0.3 is 4.43 Å². The Morgan fingerprint density at radius 3 is 2.14 bits per heavy atom. The van der Waals surface area contributed by atoms with Gasteiger partial charge in [0.25, 0.3) is 0 Å². The maximum atomic E-state index is 11.3. The van der Waals surface area contributed by atoms with Gasteiger partial charge in [-0.3, -0.25) is 4.79 Å². The van der Waals surface area contributed by atoms with E-state index in [1.54, 1.807) is 6.92 Å². The molecular formula is C10H21ClO2Si. The number of hydrogen-bond acceptors (Lipinski definition) is 2. The fourth-order valence-electron chi connectivity index (χ4n) is 0.793. The predicted octanol–water partition coefficient (Wildman–Crippen LogP) is 3.20. The summed E-state index contributed by atoms with van der Waals surface area (Å²) in [7, 11) is -1.83. The Hall–Kier alpha value is 0.137. The topological polar surface area (TPSA) is 26.3 Å². The summed E-state index contributed by atoms with van der Waals surface area (Å²) < 4.78 is 5.86. The summed E-state index contributed by atoms with van der Waals surface area (Å²) in [5, 5.41) is 0.133. The lowest BCUT2D eigenvalue weighted by atomic mass is 10.2. The highest BCUT2D eigenvalue weighted by Crippen LogP contribution is 2.37. The Bertz CT molecular complexity index is 209. The van der Waals surface area contributed by atoms with E-state index in [1.165, 1.54) is 0 Å². The van der Waals surface area contributed by atoms with Crippen molar-refractivity contribution in [1.82, 2.24) is 0 Å². The molecule has 0 bridgehead atoms. The van der Waals surface area contributed by atoms with E-state index in [9.17, 15) is 4.79 Å². The Labute approximate surface area is 93.1 Å². The number of alkyl halides is 1. The molecule has 0 radical (unpaired) electrons. The van der Waals surface area contributed by atoms with E-state index in [-0.39, 0.29) is 22.8 Å². The Balaban J connectivity index is 4.44. The smallest absolute Gasteiger partial charge is 0.193 e. The highest BCUT2D eigenvalue weighted by molar-refractivity contribution is 6.74. The second-order valence-corrected chi connectivity index (χ2v) is 10.1. The molecule has 0 spiro atoms. The molecule has 0 aromatic rings. The molecule has 4 heteroatoms. The molecule has 1 atom stereocenters. The molecule has 0 N–H and O–H groups in total. The van der Waals surface area contributed by atoms with Crippen LogP contribution in [-0.4, -0.2) is 26.1 Å². The zero-order valence-electron chi connectivity index (χ0n) is 9.98. The Morgan fingerprint density at radius 1 is 1.43 bits per heavy atom. The molecule has 0 aromatic carbocycles. The molecule has 0 aromatic heterocycles. The number of ketones is 1. The Kier molecular flexibility index (Phi) is 4.82. The third kappa shape index (κ3) is 3.71. The lowest BCUT2D eigenvalue weighted by Crippen LogP contribution is -2.45. The molecule has 0 aliphatic heterocycles. The van der Waals surface area contributed by atoms with E-state index < -0.39 is 8.32 Å². The normalized spacial score (nSPS) is 15.4. The quantitative estimate of drug-likeness (QED) is 0.554. The molecule has 0 amide bonds. The molecule has 0 rings (SSSR count). The molecule has 0 saturated heterocycles. The fraction of sp³-hybridized carbons (Fsp3) is 0.900. The standard InChI is InChI=1S/C10H21ClO2Si/c1-8(9(12)7-11)13-14(5,6)10(2,3)4/h8H,7H2,1-6H3/t8-/m0/s1. The zero-order chi connectivity index (χ0) is 11.6. The van der Waals surface area contributed by atoms with Gasteiger partial charge in [-0.1, -0.05) is 20.8 Å². The summed E-state index contributed by atoms with van der Waals surface area (Å²) in [5.74, 6) is 0.00646. The van der Waals surface area contributed by atoms with Crippen molar-refractivity contribution in [1.29, 1.82) is 0 Å². The van der Waals surface area contributed by atoms with Gasteiger partial charge >= 0.3 is 0 Å². The molecule has 0 aliphatic rings. The summed E-state index contributed by atoms with van der Waals surface area (Å²) in [6.45, 7) is 12.5. The number of halogens is 1. The number of carbonyl (C=O) groups is 1. The number of hydrogen-bond donors (Lipinski definition) is 0. The second kappa shape index (κ2) is 4.77. The van der Waals surface area contributed by atoms with Crippen molar-refractivity contribution in [2.45, 2.75) is 51.9 Å². The summed E-state index contributed by atoms with van der Waals surface area (Å²) in [6.07, 6.45) is -0.367. The van der Waals surface area contributed by atoms with E-state index in [2.05, 4.69) is 33.9 Å². The van der Waals surface area contributed by atoms with Gasteiger partial charge in [0.15, 0.2) is 14.1 Å². The first kappa shape index (κ1) is 14.1. The van der Waals surface area contributed by atoms with E-state index in [4.69, 9.17) is 16.0 Å². The average Bonchev–Trinajstić information content (AvgIpc) is 2.00. The van der Waals surface area contributed by atoms with Gasteiger partial charge in [0, 0.05) is 0 Å². The monoisotopic (exact) mass is 236 g/mol. The molecule has 0 fully saturated rings. The molecule has 0 heterocycles. The van der Waals surface area contributed by atoms with Crippen molar-refractivity contribution in [2.24, 2.45) is 0 Å². The highest BCUT2D eigenvalue weighted by atomic mass is 35.5. The lowest BCUT2D eigenvalue weighted by Gasteiger charge is -2.37. The van der Waals surface area contributed by atoms with Crippen LogP contribution in [0.1, 0.15) is 27.7 Å². The minimum Gasteiger partial charge on any atom is -0.407 e. The van der Waals surface area contributed by atoms with Crippen LogP contribution in [0.3, 0.4) is 0 Å². The van der Waals surface area contributed by atoms with E-state index in [1.807, 2.05) is 0 Å². The minimum absolute atomic E-state index is 0.0310. The third-order valence-electron chi connectivity index (χ3n) is 2.86. The molecule has 0 unspecified atom stereocenters. The summed E-state index contributed by atoms with van der Waals surface area (Å²) in [5.41, 5.74) is 0. The second-order valence-electron chi connectivity index (χ2n) is 5.12. The lowest BCUT2D eigenvalue weighted by molar-refractivity contribution is -0.123. The molecule has 2 nitrogen and oxygen atoms in total. The van der Waals surface area contributed by atoms with Crippen molar-refractivity contribution >= 4 is 25.7 Å². The van der Waals surface area contributed by atoms with Gasteiger partial charge in [0.05, 0.1) is 5.88 Å². The largest absolute Gasteiger partial charge is 0.407 e. The minimum atomic E-state index is -1.83. The Morgan fingerprint density at radius 2 is 1.86 bits per heavy atom. The maximum Gasteiger partial charge on any atom is 0.193 e. The first-order valence-electron chi connectivity index (χ1n) is 4.88. The van der Waals surface area contributed by atoms with Gasteiger partial charge in [-0.15, -0.1) is 11.6 Å². The van der Waals surface area contributed by atoms with Crippen LogP contribution < -0.4 is 0 Å². The van der Waals surface area contributed by atoms with Gasteiger partial charge in [-0.05, 0) is 25.1 Å². The van der Waals surface area contributed by atoms with Crippen LogP contribution in [0.25, 0.3) is 0 Å². The van der Waals surface area contributed by atoms with Gasteiger partial charge in [0.2, 0.25) is 0 Å². The fourth-order valence-corrected chi connectivity index (χ4v) is 2.38. The average molecular weight is 237 g/mol. The van der Waals surface area contributed by atoms with Crippen LogP contribution in [0.4, 0.5) is 0 Å². The summed E-state index contributed by atoms with van der Waals surface area (Å²) in [6, 6.07) is 0. The molecule has 14 heavy (non-hydrogen) atoms. The first-order chi connectivity index (χ1) is 6.12. The van der Waals surface area contributed by atoms with Crippen LogP contribution >= 0.6 is 11.6 Å². The zero-order valence-corrected chi connectivity index (χ0v) is 11.7. The van der Waals surface area contributed by atoms with Crippen LogP contribution in [0.2, 0.25) is 18.1 Å². The van der Waals surface area contributed by atoms with Crippen molar-refractivity contribution in [3.63, 3.8) is 0 Å². The SMILES string of the molecule is C[C@H](O[Si](C)(C)C(C)(C)C)C(=O)CCl. The summed E-state index contributed by atoms with van der Waals surface area (Å²) in [4.78, 5) is 11.3. The molecular weight excluding hydrogens is 216 g/mol. The van der Waals surface area contributed by atoms with Gasteiger partial charge in [-0.2, -0.15) is 0 Å². The predicted molar refractivity (Wildman–Crippen MR) is 63.5 cm³/mol. The van der Waals surface area contributed by atoms with E-state index in [0.29, 0.717) is 0 Å². The maximum absolute atomic E-state index is 11.3. The number of carbonyl (C=O) groups excluding carboxylic acids is 1. The van der Waals surface area contributed by atoms with Crippen LogP contribution in [-0.2, 0) is 9.22 Å². The van der Waals surface area contributed by atoms with Gasteiger partial charge in [0.1, 0.15) is 6.10 Å². The van der Waals surface area contributed by atoms with Crippen molar-refractivity contribution in [3.8, 4) is 0 Å². The highest BCUT2D eigenvalue weighted by Gasteiger charge is 2.39. The number of Topliss-reactive ketones (excluding diaryl/α,β-unsaturated/α-hetero) is 1. The van der Waals surface area contributed by atoms with Gasteiger partial charge in [-0.25, -0.2) is 0 Å². The molecule has 0 saturated carbocycles. The summed E-state index contributed by atoms with van der Waals surface area (Å²) >= 11 is 5.48. The third-order valence-corrected chi connectivity index (χ3v) is 7.68. The van der Waals surface area contributed by atoms with E-state index >= 15 is 0 Å². The van der Waals surface area contributed by atoms with Crippen LogP contribution in [0.15, 0.2) is 0 Å². The van der Waals surface area contributed by atoms with E-state index in [0.717, 1.165) is 0 Å². The first-order valence-corrected chi connectivity index (χ1v) is 8.32. The molecule has 84 valence electrons. The van der Waals surface area contributed by atoms with Crippen LogP contribution in [0.5, 0.6) is 0 Å². The molecule has 0 aliphatic carbocycles. The number of rotatable bonds is 4. The van der Waals surface area contributed by atoms with Crippen molar-refractivity contribution in [2.75, 3.05) is 5.88 Å².